The van der Waals surface area contributed by atoms with Crippen LogP contribution in [-0.2, 0) is 14.3 Å². The zero-order valence-electron chi connectivity index (χ0n) is 18.3. The Labute approximate surface area is 174 Å². The van der Waals surface area contributed by atoms with Crippen LogP contribution in [0.5, 0.6) is 0 Å². The zero-order valence-corrected chi connectivity index (χ0v) is 18.3. The van der Waals surface area contributed by atoms with Gasteiger partial charge in [-0.1, -0.05) is 23.3 Å². The predicted molar refractivity (Wildman–Crippen MR) is 118 cm³/mol. The van der Waals surface area contributed by atoms with Crippen LogP contribution in [0.25, 0.3) is 0 Å². The molecule has 1 amide bonds. The van der Waals surface area contributed by atoms with Crippen LogP contribution in [0.2, 0.25) is 0 Å². The Morgan fingerprint density at radius 1 is 1.10 bits per heavy atom. The highest BCUT2D eigenvalue weighted by Gasteiger charge is 2.22. The quantitative estimate of drug-likeness (QED) is 0.335. The number of amides is 1. The van der Waals surface area contributed by atoms with E-state index in [1.165, 1.54) is 16.0 Å². The summed E-state index contributed by atoms with van der Waals surface area (Å²) in [4.78, 5) is 26.8. The fourth-order valence-electron chi connectivity index (χ4n) is 2.69. The Kier molecular flexibility index (Phi) is 10.8. The summed E-state index contributed by atoms with van der Waals surface area (Å²) in [5.74, 6) is -0.725. The van der Waals surface area contributed by atoms with Crippen LogP contribution >= 0.6 is 0 Å². The number of anilines is 2. The summed E-state index contributed by atoms with van der Waals surface area (Å²) >= 11 is 0. The summed E-state index contributed by atoms with van der Waals surface area (Å²) < 4.78 is 10.5. The minimum absolute atomic E-state index is 0.0712. The molecule has 0 saturated carbocycles. The van der Waals surface area contributed by atoms with Gasteiger partial charge < -0.3 is 20.1 Å². The molecule has 0 unspecified atom stereocenters. The van der Waals surface area contributed by atoms with Crippen molar-refractivity contribution in [1.29, 1.82) is 0 Å². The van der Waals surface area contributed by atoms with Gasteiger partial charge in [-0.3, -0.25) is 4.79 Å². The highest BCUT2D eigenvalue weighted by molar-refractivity contribution is 6.03. The minimum Gasteiger partial charge on any atom is -0.462 e. The first-order valence-corrected chi connectivity index (χ1v) is 10.0. The van der Waals surface area contributed by atoms with Gasteiger partial charge in [0.25, 0.3) is 5.91 Å². The molecule has 6 heteroatoms. The van der Waals surface area contributed by atoms with Crippen molar-refractivity contribution in [3.8, 4) is 0 Å². The third-order valence-electron chi connectivity index (χ3n) is 4.25. The van der Waals surface area contributed by atoms with Crippen LogP contribution in [0.3, 0.4) is 0 Å². The molecular formula is C23H34N2O4. The highest BCUT2D eigenvalue weighted by atomic mass is 16.5. The molecule has 29 heavy (non-hydrogen) atoms. The molecule has 0 aliphatic rings. The lowest BCUT2D eigenvalue weighted by molar-refractivity contribution is -0.122. The molecule has 0 atom stereocenters. The molecule has 1 aromatic carbocycles. The average Bonchev–Trinajstić information content (AvgIpc) is 2.66. The van der Waals surface area contributed by atoms with Crippen LogP contribution in [0.15, 0.2) is 41.5 Å². The fraction of sp³-hybridized carbons (Fsp3) is 0.478. The Hall–Kier alpha value is -2.60. The summed E-state index contributed by atoms with van der Waals surface area (Å²) in [5, 5.41) is 0. The molecule has 0 spiro atoms. The first kappa shape index (κ1) is 24.4. The van der Waals surface area contributed by atoms with Crippen molar-refractivity contribution in [3.05, 3.63) is 47.1 Å². The molecule has 0 aromatic heterocycles. The van der Waals surface area contributed by atoms with E-state index >= 15 is 0 Å². The van der Waals surface area contributed by atoms with Gasteiger partial charge in [-0.2, -0.15) is 0 Å². The second-order valence-electron chi connectivity index (χ2n) is 7.01. The maximum absolute atomic E-state index is 12.8. The largest absolute Gasteiger partial charge is 0.462 e. The Morgan fingerprint density at radius 3 is 2.45 bits per heavy atom. The van der Waals surface area contributed by atoms with Crippen LogP contribution in [0.1, 0.15) is 57.8 Å². The Morgan fingerprint density at radius 2 is 1.83 bits per heavy atom. The topological polar surface area (TPSA) is 81.9 Å². The van der Waals surface area contributed by atoms with Crippen molar-refractivity contribution in [2.24, 2.45) is 0 Å². The lowest BCUT2D eigenvalue weighted by Crippen LogP contribution is -2.35. The Balaban J connectivity index is 3.19. The minimum atomic E-state index is -0.485. The van der Waals surface area contributed by atoms with Crippen LogP contribution < -0.4 is 10.6 Å². The molecule has 0 aliphatic carbocycles. The molecule has 2 N–H and O–H groups in total. The van der Waals surface area contributed by atoms with E-state index in [0.717, 1.165) is 12.8 Å². The van der Waals surface area contributed by atoms with E-state index in [1.54, 1.807) is 25.1 Å². The molecule has 0 fully saturated rings. The van der Waals surface area contributed by atoms with Crippen molar-refractivity contribution in [2.75, 3.05) is 37.0 Å². The SMILES string of the molecule is CCOCC(=O)N(CC=C(C)CCC=C(C)C)c1cc(N)ccc1C(=O)OCC. The lowest BCUT2D eigenvalue weighted by atomic mass is 10.1. The van der Waals surface area contributed by atoms with Gasteiger partial charge in [0.15, 0.2) is 0 Å². The number of nitrogens with two attached hydrogens (primary N) is 1. The first-order valence-electron chi connectivity index (χ1n) is 10.0. The summed E-state index contributed by atoms with van der Waals surface area (Å²) in [6.45, 7) is 10.7. The number of allylic oxidation sites excluding steroid dienone is 3. The third kappa shape index (κ3) is 8.52. The van der Waals surface area contributed by atoms with Crippen molar-refractivity contribution >= 4 is 23.3 Å². The zero-order chi connectivity index (χ0) is 21.8. The normalized spacial score (nSPS) is 11.1. The molecule has 0 bridgehead atoms. The van der Waals surface area contributed by atoms with Gasteiger partial charge in [-0.15, -0.1) is 0 Å². The van der Waals surface area contributed by atoms with Gasteiger partial charge >= 0.3 is 5.97 Å². The van der Waals surface area contributed by atoms with Gasteiger partial charge in [0.05, 0.1) is 17.9 Å². The third-order valence-corrected chi connectivity index (χ3v) is 4.25. The summed E-state index contributed by atoms with van der Waals surface area (Å²) in [6, 6.07) is 4.85. The Bertz CT molecular complexity index is 749. The second-order valence-corrected chi connectivity index (χ2v) is 7.01. The van der Waals surface area contributed by atoms with Crippen molar-refractivity contribution < 1.29 is 19.1 Å². The van der Waals surface area contributed by atoms with E-state index in [4.69, 9.17) is 15.2 Å². The van der Waals surface area contributed by atoms with E-state index in [9.17, 15) is 9.59 Å². The van der Waals surface area contributed by atoms with Gasteiger partial charge in [0, 0.05) is 18.8 Å². The average molecular weight is 403 g/mol. The number of hydrogen-bond donors (Lipinski definition) is 1. The summed E-state index contributed by atoms with van der Waals surface area (Å²) in [6.07, 6.45) is 6.04. The smallest absolute Gasteiger partial charge is 0.340 e. The number of ether oxygens (including phenoxy) is 2. The summed E-state index contributed by atoms with van der Waals surface area (Å²) in [7, 11) is 0. The predicted octanol–water partition coefficient (Wildman–Crippen LogP) is 4.51. The van der Waals surface area contributed by atoms with Crippen molar-refractivity contribution in [2.45, 2.75) is 47.5 Å². The highest BCUT2D eigenvalue weighted by Crippen LogP contribution is 2.25. The van der Waals surface area contributed by atoms with E-state index in [0.29, 0.717) is 30.1 Å². The van der Waals surface area contributed by atoms with E-state index < -0.39 is 5.97 Å². The van der Waals surface area contributed by atoms with Gasteiger partial charge in [0.1, 0.15) is 6.61 Å². The monoisotopic (exact) mass is 402 g/mol. The maximum atomic E-state index is 12.8. The number of carbonyl (C=O) groups is 2. The number of hydrogen-bond acceptors (Lipinski definition) is 5. The molecule has 0 heterocycles. The number of carbonyl (C=O) groups excluding carboxylic acids is 2. The molecular weight excluding hydrogens is 368 g/mol. The van der Waals surface area contributed by atoms with Crippen LogP contribution in [0.4, 0.5) is 11.4 Å². The summed E-state index contributed by atoms with van der Waals surface area (Å²) in [5.41, 5.74) is 9.60. The number of esters is 1. The van der Waals surface area contributed by atoms with Crippen LogP contribution in [0, 0.1) is 0 Å². The van der Waals surface area contributed by atoms with E-state index in [1.807, 2.05) is 19.9 Å². The molecule has 0 radical (unpaired) electrons. The van der Waals surface area contributed by atoms with Crippen molar-refractivity contribution in [3.63, 3.8) is 0 Å². The second kappa shape index (κ2) is 12.8. The molecule has 160 valence electrons. The molecule has 6 nitrogen and oxygen atoms in total. The maximum Gasteiger partial charge on any atom is 0.340 e. The molecule has 0 saturated heterocycles. The van der Waals surface area contributed by atoms with Gasteiger partial charge in [-0.25, -0.2) is 4.79 Å². The number of benzene rings is 1. The van der Waals surface area contributed by atoms with Crippen LogP contribution in [-0.4, -0.2) is 38.2 Å². The van der Waals surface area contributed by atoms with E-state index in [2.05, 4.69) is 19.9 Å². The standard InChI is InChI=1S/C23H34N2O4/c1-6-28-16-22(26)25(14-13-18(5)10-8-9-17(3)4)21-15-19(24)11-12-20(21)23(27)29-7-2/h9,11-13,15H,6-8,10,14,16,24H2,1-5H3. The van der Waals surface area contributed by atoms with Gasteiger partial charge in [-0.05, 0) is 65.7 Å². The number of rotatable bonds is 11. The molecule has 1 aromatic rings. The van der Waals surface area contributed by atoms with Crippen molar-refractivity contribution in [1.82, 2.24) is 0 Å². The van der Waals surface area contributed by atoms with Gasteiger partial charge in [0.2, 0.25) is 0 Å². The number of nitrogens with zero attached hydrogens (tertiary/aromatic N) is 1. The number of nitrogen functional groups attached to an aromatic ring is 1. The van der Waals surface area contributed by atoms with E-state index in [-0.39, 0.29) is 19.1 Å². The first-order chi connectivity index (χ1) is 13.8. The molecule has 1 rings (SSSR count). The lowest BCUT2D eigenvalue weighted by Gasteiger charge is -2.24. The molecule has 0 aliphatic heterocycles. The fourth-order valence-corrected chi connectivity index (χ4v) is 2.69.